The van der Waals surface area contributed by atoms with E-state index >= 15 is 0 Å². The van der Waals surface area contributed by atoms with E-state index in [0.717, 1.165) is 0 Å². The van der Waals surface area contributed by atoms with Crippen molar-refractivity contribution in [3.05, 3.63) is 64.9 Å². The van der Waals surface area contributed by atoms with E-state index in [2.05, 4.69) is 10.4 Å². The number of carbonyl (C=O) groups excluding carboxylic acids is 1. The number of aromatic nitrogens is 2. The molecule has 0 atom stereocenters. The van der Waals surface area contributed by atoms with Crippen molar-refractivity contribution >= 4 is 33.2 Å². The molecule has 1 amide bonds. The lowest BCUT2D eigenvalue weighted by Crippen LogP contribution is -2.17. The first-order valence-corrected chi connectivity index (χ1v) is 10.3. The number of benzene rings is 2. The number of anilines is 1. The van der Waals surface area contributed by atoms with Gasteiger partial charge in [0, 0.05) is 35.1 Å². The molecule has 0 radical (unpaired) electrons. The molecule has 0 saturated carbocycles. The van der Waals surface area contributed by atoms with E-state index in [1.807, 2.05) is 0 Å². The van der Waals surface area contributed by atoms with E-state index in [4.69, 9.17) is 16.7 Å². The van der Waals surface area contributed by atoms with Crippen molar-refractivity contribution in [3.8, 4) is 11.1 Å². The van der Waals surface area contributed by atoms with Crippen LogP contribution in [0.1, 0.15) is 11.3 Å². The van der Waals surface area contributed by atoms with Gasteiger partial charge in [0.1, 0.15) is 0 Å². The van der Waals surface area contributed by atoms with E-state index in [1.54, 1.807) is 61.2 Å². The summed E-state index contributed by atoms with van der Waals surface area (Å²) in [4.78, 5) is 12.3. The molecule has 0 aliphatic heterocycles. The number of primary sulfonamides is 1. The number of sulfonamides is 1. The van der Waals surface area contributed by atoms with Crippen molar-refractivity contribution in [2.75, 3.05) is 5.32 Å². The van der Waals surface area contributed by atoms with Crippen LogP contribution in [0.25, 0.3) is 11.1 Å². The lowest BCUT2D eigenvalue weighted by Gasteiger charge is -2.11. The van der Waals surface area contributed by atoms with Crippen LogP contribution in [0, 0.1) is 6.92 Å². The molecular formula is C19H19ClN4O3S. The SMILES string of the molecule is Cc1nn(C)cc1-c1ccc(NC(=O)Cc2ccccc2Cl)cc1S(N)(=O)=O. The minimum atomic E-state index is -4.02. The van der Waals surface area contributed by atoms with Gasteiger partial charge in [-0.1, -0.05) is 35.9 Å². The van der Waals surface area contributed by atoms with Crippen molar-refractivity contribution in [1.29, 1.82) is 0 Å². The molecule has 9 heteroatoms. The summed E-state index contributed by atoms with van der Waals surface area (Å²) in [7, 11) is -2.28. The minimum absolute atomic E-state index is 0.0633. The van der Waals surface area contributed by atoms with Crippen LogP contribution in [0.15, 0.2) is 53.6 Å². The second-order valence-electron chi connectivity index (χ2n) is 6.37. The third-order valence-electron chi connectivity index (χ3n) is 4.18. The summed E-state index contributed by atoms with van der Waals surface area (Å²) < 4.78 is 25.9. The first-order valence-electron chi connectivity index (χ1n) is 8.36. The van der Waals surface area contributed by atoms with Gasteiger partial charge in [0.2, 0.25) is 15.9 Å². The molecule has 0 saturated heterocycles. The number of carbonyl (C=O) groups is 1. The van der Waals surface area contributed by atoms with Gasteiger partial charge in [-0.25, -0.2) is 13.6 Å². The highest BCUT2D eigenvalue weighted by Gasteiger charge is 2.19. The summed E-state index contributed by atoms with van der Waals surface area (Å²) in [6.45, 7) is 1.78. The lowest BCUT2D eigenvalue weighted by molar-refractivity contribution is -0.115. The Morgan fingerprint density at radius 1 is 1.21 bits per heavy atom. The lowest BCUT2D eigenvalue weighted by atomic mass is 10.1. The second-order valence-corrected chi connectivity index (χ2v) is 8.31. The summed E-state index contributed by atoms with van der Waals surface area (Å²) in [5, 5.41) is 12.8. The Morgan fingerprint density at radius 3 is 2.54 bits per heavy atom. The van der Waals surface area contributed by atoms with Crippen LogP contribution in [0.4, 0.5) is 5.69 Å². The normalized spacial score (nSPS) is 11.4. The fraction of sp³-hybridized carbons (Fsp3) is 0.158. The largest absolute Gasteiger partial charge is 0.326 e. The average Bonchev–Trinajstić information content (AvgIpc) is 2.94. The van der Waals surface area contributed by atoms with E-state index in [9.17, 15) is 13.2 Å². The highest BCUT2D eigenvalue weighted by atomic mass is 35.5. The summed E-state index contributed by atoms with van der Waals surface area (Å²) in [5.41, 5.74) is 2.75. The summed E-state index contributed by atoms with van der Waals surface area (Å²) in [5.74, 6) is -0.321. The van der Waals surface area contributed by atoms with Crippen molar-refractivity contribution < 1.29 is 13.2 Å². The third-order valence-corrected chi connectivity index (χ3v) is 5.50. The first kappa shape index (κ1) is 20.1. The van der Waals surface area contributed by atoms with Gasteiger partial charge in [-0.2, -0.15) is 5.10 Å². The van der Waals surface area contributed by atoms with Gasteiger partial charge in [0.25, 0.3) is 0 Å². The molecule has 1 aromatic heterocycles. The topological polar surface area (TPSA) is 107 Å². The number of nitrogens with one attached hydrogen (secondary N) is 1. The Kier molecular flexibility index (Phi) is 5.55. The molecule has 3 aromatic rings. The fourth-order valence-corrected chi connectivity index (χ4v) is 3.92. The maximum absolute atomic E-state index is 12.3. The maximum Gasteiger partial charge on any atom is 0.238 e. The molecule has 3 rings (SSSR count). The number of hydrogen-bond acceptors (Lipinski definition) is 4. The zero-order chi connectivity index (χ0) is 20.5. The average molecular weight is 419 g/mol. The fourth-order valence-electron chi connectivity index (χ4n) is 2.94. The van der Waals surface area contributed by atoms with Crippen molar-refractivity contribution in [2.45, 2.75) is 18.2 Å². The molecule has 3 N–H and O–H groups in total. The van der Waals surface area contributed by atoms with E-state index in [0.29, 0.717) is 33.1 Å². The zero-order valence-electron chi connectivity index (χ0n) is 15.3. The maximum atomic E-state index is 12.3. The van der Waals surface area contributed by atoms with Gasteiger partial charge >= 0.3 is 0 Å². The first-order chi connectivity index (χ1) is 13.1. The molecule has 0 aliphatic rings. The second kappa shape index (κ2) is 7.75. The summed E-state index contributed by atoms with van der Waals surface area (Å²) in [6.07, 6.45) is 1.78. The number of halogens is 1. The molecule has 0 unspecified atom stereocenters. The van der Waals surface area contributed by atoms with Gasteiger partial charge < -0.3 is 5.32 Å². The molecule has 0 aliphatic carbocycles. The minimum Gasteiger partial charge on any atom is -0.326 e. The quantitative estimate of drug-likeness (QED) is 0.664. The molecular weight excluding hydrogens is 400 g/mol. The van der Waals surface area contributed by atoms with Gasteiger partial charge in [-0.3, -0.25) is 9.48 Å². The number of nitrogens with zero attached hydrogens (tertiary/aromatic N) is 2. The molecule has 28 heavy (non-hydrogen) atoms. The molecule has 7 nitrogen and oxygen atoms in total. The molecule has 0 spiro atoms. The third kappa shape index (κ3) is 4.41. The van der Waals surface area contributed by atoms with E-state index in [-0.39, 0.29) is 17.2 Å². The Hall–Kier alpha value is -2.68. The number of hydrogen-bond donors (Lipinski definition) is 2. The Bertz CT molecular complexity index is 1160. The van der Waals surface area contributed by atoms with E-state index < -0.39 is 10.0 Å². The number of amides is 1. The Morgan fingerprint density at radius 2 is 1.93 bits per heavy atom. The van der Waals surface area contributed by atoms with Crippen LogP contribution in [0.3, 0.4) is 0 Å². The number of aryl methyl sites for hydroxylation is 2. The van der Waals surface area contributed by atoms with Crippen LogP contribution in [0.5, 0.6) is 0 Å². The molecule has 0 fully saturated rings. The molecule has 2 aromatic carbocycles. The van der Waals surface area contributed by atoms with Crippen LogP contribution < -0.4 is 10.5 Å². The number of nitrogens with two attached hydrogens (primary N) is 1. The van der Waals surface area contributed by atoms with Crippen LogP contribution >= 0.6 is 11.6 Å². The summed E-state index contributed by atoms with van der Waals surface area (Å²) >= 11 is 6.08. The predicted octanol–water partition coefficient (Wildman–Crippen LogP) is 2.88. The van der Waals surface area contributed by atoms with Crippen molar-refractivity contribution in [1.82, 2.24) is 9.78 Å². The smallest absolute Gasteiger partial charge is 0.238 e. The monoisotopic (exact) mass is 418 g/mol. The van der Waals surface area contributed by atoms with Gasteiger partial charge in [-0.15, -0.1) is 0 Å². The predicted molar refractivity (Wildman–Crippen MR) is 109 cm³/mol. The Labute approximate surface area is 168 Å². The highest BCUT2D eigenvalue weighted by Crippen LogP contribution is 2.31. The molecule has 1 heterocycles. The van der Waals surface area contributed by atoms with Crippen molar-refractivity contribution in [2.24, 2.45) is 12.2 Å². The van der Waals surface area contributed by atoms with Crippen LogP contribution in [0.2, 0.25) is 5.02 Å². The van der Waals surface area contributed by atoms with E-state index in [1.165, 1.54) is 6.07 Å². The van der Waals surface area contributed by atoms with Crippen LogP contribution in [-0.2, 0) is 28.3 Å². The van der Waals surface area contributed by atoms with Crippen LogP contribution in [-0.4, -0.2) is 24.1 Å². The van der Waals surface area contributed by atoms with Gasteiger partial charge in [-0.05, 0) is 30.7 Å². The zero-order valence-corrected chi connectivity index (χ0v) is 16.9. The Balaban J connectivity index is 1.92. The number of rotatable bonds is 5. The highest BCUT2D eigenvalue weighted by molar-refractivity contribution is 7.89. The molecule has 0 bridgehead atoms. The summed E-state index contributed by atoms with van der Waals surface area (Å²) in [6, 6.07) is 11.6. The van der Waals surface area contributed by atoms with Gasteiger partial charge in [0.15, 0.2) is 0 Å². The van der Waals surface area contributed by atoms with Crippen molar-refractivity contribution in [3.63, 3.8) is 0 Å². The standard InChI is InChI=1S/C19H19ClN4O3S/c1-12-16(11-24(2)23-12)15-8-7-14(10-18(15)28(21,26)27)22-19(25)9-13-5-3-4-6-17(13)20/h3-8,10-11H,9H2,1-2H3,(H,22,25)(H2,21,26,27). The van der Waals surface area contributed by atoms with Gasteiger partial charge in [0.05, 0.1) is 17.0 Å². The molecule has 146 valence electrons.